The Balaban J connectivity index is 2.43. The summed E-state index contributed by atoms with van der Waals surface area (Å²) in [4.78, 5) is 25.7. The Hall–Kier alpha value is -1.91. The maximum atomic E-state index is 14.0. The number of aryl methyl sites for hydroxylation is 1. The van der Waals surface area contributed by atoms with Crippen LogP contribution in [0.3, 0.4) is 0 Å². The van der Waals surface area contributed by atoms with Gasteiger partial charge in [0.05, 0.1) is 5.69 Å². The molecule has 1 fully saturated rings. The molecule has 5 heteroatoms. The van der Waals surface area contributed by atoms with Gasteiger partial charge >= 0.3 is 0 Å². The highest BCUT2D eigenvalue weighted by atomic mass is 19.1. The molecule has 2 rings (SSSR count). The molecule has 0 aliphatic carbocycles. The van der Waals surface area contributed by atoms with Crippen molar-refractivity contribution in [1.82, 2.24) is 5.32 Å². The number of amides is 2. The number of benzene rings is 1. The van der Waals surface area contributed by atoms with E-state index < -0.39 is 17.9 Å². The van der Waals surface area contributed by atoms with Gasteiger partial charge in [0.15, 0.2) is 0 Å². The molecule has 2 atom stereocenters. The van der Waals surface area contributed by atoms with Gasteiger partial charge in [-0.1, -0.05) is 19.4 Å². The maximum Gasteiger partial charge on any atom is 0.250 e. The van der Waals surface area contributed by atoms with Gasteiger partial charge < -0.3 is 5.32 Å². The van der Waals surface area contributed by atoms with Crippen LogP contribution in [0.1, 0.15) is 32.3 Å². The van der Waals surface area contributed by atoms with Crippen molar-refractivity contribution in [3.63, 3.8) is 0 Å². The van der Waals surface area contributed by atoms with Crippen LogP contribution in [0.5, 0.6) is 0 Å². The summed E-state index contributed by atoms with van der Waals surface area (Å²) >= 11 is 0. The first-order valence-corrected chi connectivity index (χ1v) is 6.85. The Morgan fingerprint density at radius 2 is 2.05 bits per heavy atom. The molecular weight excluding hydrogens is 259 g/mol. The highest BCUT2D eigenvalue weighted by molar-refractivity contribution is 6.08. The molecule has 0 aromatic heterocycles. The van der Waals surface area contributed by atoms with Crippen molar-refractivity contribution in [2.45, 2.75) is 45.7 Å². The van der Waals surface area contributed by atoms with Crippen LogP contribution in [0.2, 0.25) is 0 Å². The van der Waals surface area contributed by atoms with Gasteiger partial charge in [-0.3, -0.25) is 14.5 Å². The van der Waals surface area contributed by atoms with Crippen molar-refractivity contribution in [3.8, 4) is 0 Å². The smallest absolute Gasteiger partial charge is 0.250 e. The number of nitrogens with one attached hydrogen (secondary N) is 1. The lowest BCUT2D eigenvalue weighted by atomic mass is 10.0. The quantitative estimate of drug-likeness (QED) is 0.921. The Labute approximate surface area is 118 Å². The van der Waals surface area contributed by atoms with Crippen LogP contribution in [0, 0.1) is 12.7 Å². The van der Waals surface area contributed by atoms with Gasteiger partial charge in [-0.15, -0.1) is 0 Å². The summed E-state index contributed by atoms with van der Waals surface area (Å²) in [5.41, 5.74) is 1.03. The predicted octanol–water partition coefficient (Wildman–Crippen LogP) is 2.15. The number of piperazine rings is 1. The molecular formula is C15H19FN2O2. The molecule has 1 heterocycles. The molecule has 4 nitrogen and oxygen atoms in total. The first-order chi connectivity index (χ1) is 9.45. The first-order valence-electron chi connectivity index (χ1n) is 6.85. The lowest BCUT2D eigenvalue weighted by Crippen LogP contribution is -2.62. The fraction of sp³-hybridized carbons (Fsp3) is 0.467. The monoisotopic (exact) mass is 278 g/mol. The zero-order valence-electron chi connectivity index (χ0n) is 11.9. The molecule has 1 saturated heterocycles. The summed E-state index contributed by atoms with van der Waals surface area (Å²) < 4.78 is 14.0. The van der Waals surface area contributed by atoms with Gasteiger partial charge in [0.25, 0.3) is 0 Å². The van der Waals surface area contributed by atoms with Crippen molar-refractivity contribution in [2.75, 3.05) is 4.90 Å². The second-order valence-corrected chi connectivity index (χ2v) is 5.19. The van der Waals surface area contributed by atoms with Gasteiger partial charge in [0, 0.05) is 0 Å². The molecule has 1 N–H and O–H groups in total. The number of carbonyl (C=O) groups excluding carboxylic acids is 2. The largest absolute Gasteiger partial charge is 0.342 e. The molecule has 0 saturated carbocycles. The first kappa shape index (κ1) is 14.5. The number of nitrogens with zero attached hydrogens (tertiary/aromatic N) is 1. The highest BCUT2D eigenvalue weighted by Crippen LogP contribution is 2.26. The predicted molar refractivity (Wildman–Crippen MR) is 74.9 cm³/mol. The number of rotatable bonds is 3. The van der Waals surface area contributed by atoms with Crippen molar-refractivity contribution >= 4 is 17.5 Å². The topological polar surface area (TPSA) is 49.4 Å². The third-order valence-corrected chi connectivity index (χ3v) is 3.56. The van der Waals surface area contributed by atoms with E-state index in [4.69, 9.17) is 0 Å². The van der Waals surface area contributed by atoms with E-state index in [2.05, 4.69) is 5.32 Å². The minimum absolute atomic E-state index is 0.179. The van der Waals surface area contributed by atoms with Crippen molar-refractivity contribution in [2.24, 2.45) is 0 Å². The molecule has 2 unspecified atom stereocenters. The number of anilines is 1. The summed E-state index contributed by atoms with van der Waals surface area (Å²) in [6.45, 7) is 5.37. The van der Waals surface area contributed by atoms with Gasteiger partial charge in [0.2, 0.25) is 11.8 Å². The normalized spacial score (nSPS) is 22.9. The van der Waals surface area contributed by atoms with Gasteiger partial charge in [-0.25, -0.2) is 4.39 Å². The average Bonchev–Trinajstić information content (AvgIpc) is 2.40. The Morgan fingerprint density at radius 1 is 1.35 bits per heavy atom. The minimum atomic E-state index is -0.702. The molecule has 1 aromatic rings. The van der Waals surface area contributed by atoms with Crippen LogP contribution >= 0.6 is 0 Å². The molecule has 0 radical (unpaired) electrons. The van der Waals surface area contributed by atoms with Crippen LogP contribution in [0.15, 0.2) is 18.2 Å². The average molecular weight is 278 g/mol. The number of carbonyl (C=O) groups is 2. The number of hydrogen-bond donors (Lipinski definition) is 1. The van der Waals surface area contributed by atoms with Gasteiger partial charge in [0.1, 0.15) is 17.9 Å². The zero-order valence-corrected chi connectivity index (χ0v) is 11.9. The van der Waals surface area contributed by atoms with E-state index in [9.17, 15) is 14.0 Å². The fourth-order valence-electron chi connectivity index (χ4n) is 2.45. The highest BCUT2D eigenvalue weighted by Gasteiger charge is 2.39. The van der Waals surface area contributed by atoms with E-state index in [1.807, 2.05) is 13.8 Å². The maximum absolute atomic E-state index is 14.0. The van der Waals surface area contributed by atoms with Crippen molar-refractivity contribution in [3.05, 3.63) is 29.6 Å². The summed E-state index contributed by atoms with van der Waals surface area (Å²) in [6, 6.07) is 3.30. The second kappa shape index (κ2) is 5.61. The van der Waals surface area contributed by atoms with Gasteiger partial charge in [-0.05, 0) is 38.0 Å². The van der Waals surface area contributed by atoms with Crippen LogP contribution in [-0.4, -0.2) is 23.9 Å². The summed E-state index contributed by atoms with van der Waals surface area (Å²) in [7, 11) is 0. The van der Waals surface area contributed by atoms with Crippen LogP contribution in [-0.2, 0) is 9.59 Å². The van der Waals surface area contributed by atoms with Crippen molar-refractivity contribution < 1.29 is 14.0 Å². The molecule has 0 spiro atoms. The van der Waals surface area contributed by atoms with E-state index in [0.717, 1.165) is 12.0 Å². The lowest BCUT2D eigenvalue weighted by Gasteiger charge is -2.37. The summed E-state index contributed by atoms with van der Waals surface area (Å²) in [6.07, 6.45) is 1.33. The fourth-order valence-corrected chi connectivity index (χ4v) is 2.45. The van der Waals surface area contributed by atoms with Crippen LogP contribution in [0.25, 0.3) is 0 Å². The molecule has 2 amide bonds. The summed E-state index contributed by atoms with van der Waals surface area (Å²) in [5, 5.41) is 2.70. The molecule has 1 aliphatic rings. The molecule has 20 heavy (non-hydrogen) atoms. The zero-order chi connectivity index (χ0) is 14.9. The molecule has 1 aliphatic heterocycles. The van der Waals surface area contributed by atoms with Crippen LogP contribution in [0.4, 0.5) is 10.1 Å². The molecule has 1 aromatic carbocycles. The molecule has 108 valence electrons. The third kappa shape index (κ3) is 2.53. The van der Waals surface area contributed by atoms with E-state index in [1.54, 1.807) is 19.1 Å². The second-order valence-electron chi connectivity index (χ2n) is 5.19. The molecule has 0 bridgehead atoms. The van der Waals surface area contributed by atoms with E-state index in [1.165, 1.54) is 11.0 Å². The number of hydrogen-bond acceptors (Lipinski definition) is 2. The minimum Gasteiger partial charge on any atom is -0.342 e. The van der Waals surface area contributed by atoms with E-state index in [0.29, 0.717) is 6.42 Å². The van der Waals surface area contributed by atoms with Crippen molar-refractivity contribution in [1.29, 1.82) is 0 Å². The Morgan fingerprint density at radius 3 is 2.70 bits per heavy atom. The standard InChI is InChI=1S/C15H19FN2O2/c1-4-5-12-15(20)18(10(3)14(19)17-12)13-8-9(2)6-7-11(13)16/h6-8,10,12H,4-5H2,1-3H3,(H,17,19). The summed E-state index contributed by atoms with van der Waals surface area (Å²) in [5.74, 6) is -0.979. The SMILES string of the molecule is CCCC1NC(=O)C(C)N(c2cc(C)ccc2F)C1=O. The Kier molecular flexibility index (Phi) is 4.06. The van der Waals surface area contributed by atoms with E-state index >= 15 is 0 Å². The lowest BCUT2D eigenvalue weighted by molar-refractivity contribution is -0.133. The third-order valence-electron chi connectivity index (χ3n) is 3.56. The Bertz CT molecular complexity index is 545. The van der Waals surface area contributed by atoms with E-state index in [-0.39, 0.29) is 17.5 Å². The van der Waals surface area contributed by atoms with Crippen LogP contribution < -0.4 is 10.2 Å². The van der Waals surface area contributed by atoms with Gasteiger partial charge in [-0.2, -0.15) is 0 Å². The number of halogens is 1.